The number of anilines is 1. The lowest BCUT2D eigenvalue weighted by Crippen LogP contribution is -2.22. The van der Waals surface area contributed by atoms with Gasteiger partial charge in [0.15, 0.2) is 17.3 Å². The first-order chi connectivity index (χ1) is 18.6. The number of fused-ring (bicyclic) bond motifs is 4. The average Bonchev–Trinajstić information content (AvgIpc) is 3.41. The SMILES string of the molecule is O=C(O)c1cn2c3c(c(NCCCn4ccnc4)c(F)cc3c1=O)Oc1cc(S(=O)(=O)O)c3ccccc3c1-2. The van der Waals surface area contributed by atoms with Crippen LogP contribution in [-0.4, -0.2) is 44.7 Å². The van der Waals surface area contributed by atoms with Gasteiger partial charge in [-0.3, -0.25) is 9.35 Å². The van der Waals surface area contributed by atoms with E-state index in [4.69, 9.17) is 4.74 Å². The van der Waals surface area contributed by atoms with Crippen LogP contribution in [0.15, 0.2) is 71.0 Å². The summed E-state index contributed by atoms with van der Waals surface area (Å²) >= 11 is 0. The molecule has 198 valence electrons. The molecule has 0 fully saturated rings. The maximum absolute atomic E-state index is 15.4. The highest BCUT2D eigenvalue weighted by Gasteiger charge is 2.31. The van der Waals surface area contributed by atoms with Gasteiger partial charge in [0, 0.05) is 48.5 Å². The number of hydrogen-bond acceptors (Lipinski definition) is 7. The third kappa shape index (κ3) is 3.99. The standard InChI is InChI=1S/C26H19FN4O7S/c27-18-10-16-23-25(21(18)29-6-3-8-30-9-7-28-13-30)38-19-11-20(39(35,36)37)14-4-1-2-5-15(14)22(19)31(23)12-17(24(16)32)26(33)34/h1-2,4-5,7,9-13,29H,3,6,8H2,(H,33,34)(H,35,36,37). The molecule has 5 aromatic rings. The average molecular weight is 551 g/mol. The highest BCUT2D eigenvalue weighted by atomic mass is 32.2. The maximum Gasteiger partial charge on any atom is 0.341 e. The van der Waals surface area contributed by atoms with Crippen molar-refractivity contribution in [2.75, 3.05) is 11.9 Å². The van der Waals surface area contributed by atoms with Gasteiger partial charge in [0.2, 0.25) is 5.43 Å². The molecule has 13 heteroatoms. The molecule has 0 saturated carbocycles. The number of pyridine rings is 1. The highest BCUT2D eigenvalue weighted by Crippen LogP contribution is 2.48. The fourth-order valence-corrected chi connectivity index (χ4v) is 5.58. The zero-order valence-electron chi connectivity index (χ0n) is 20.0. The first-order valence-corrected chi connectivity index (χ1v) is 13.2. The van der Waals surface area contributed by atoms with Crippen molar-refractivity contribution in [3.8, 4) is 17.2 Å². The second-order valence-corrected chi connectivity index (χ2v) is 10.3. The number of carboxylic acid groups (broad SMARTS) is 1. The Balaban J connectivity index is 1.61. The molecule has 3 aromatic carbocycles. The summed E-state index contributed by atoms with van der Waals surface area (Å²) in [5.41, 5.74) is -1.25. The Morgan fingerprint density at radius 2 is 1.92 bits per heavy atom. The van der Waals surface area contributed by atoms with E-state index in [0.717, 1.165) is 18.3 Å². The lowest BCUT2D eigenvalue weighted by Gasteiger charge is -2.27. The number of carboxylic acids is 1. The molecule has 1 aliphatic rings. The van der Waals surface area contributed by atoms with Crippen molar-refractivity contribution in [3.05, 3.63) is 82.9 Å². The lowest BCUT2D eigenvalue weighted by atomic mass is 10.0. The van der Waals surface area contributed by atoms with Gasteiger partial charge in [-0.1, -0.05) is 24.3 Å². The van der Waals surface area contributed by atoms with E-state index in [1.807, 2.05) is 4.57 Å². The number of nitrogens with one attached hydrogen (secondary N) is 1. The summed E-state index contributed by atoms with van der Waals surface area (Å²) in [5, 5.41) is 12.9. The molecule has 0 unspecified atom stereocenters. The molecule has 2 aromatic heterocycles. The Labute approximate surface area is 219 Å². The molecule has 0 radical (unpaired) electrons. The van der Waals surface area contributed by atoms with Crippen molar-refractivity contribution in [3.63, 3.8) is 0 Å². The molecule has 3 N–H and O–H groups in total. The summed E-state index contributed by atoms with van der Waals surface area (Å²) < 4.78 is 59.2. The molecular formula is C26H19FN4O7S. The molecule has 0 amide bonds. The molecule has 0 aliphatic carbocycles. The molecule has 0 spiro atoms. The van der Waals surface area contributed by atoms with Gasteiger partial charge in [-0.05, 0) is 12.5 Å². The number of aromatic carboxylic acids is 1. The Kier molecular flexibility index (Phi) is 5.62. The Bertz CT molecular complexity index is 1990. The fourth-order valence-electron chi connectivity index (χ4n) is 4.86. The Morgan fingerprint density at radius 1 is 1.15 bits per heavy atom. The summed E-state index contributed by atoms with van der Waals surface area (Å²) in [7, 11) is -4.71. The van der Waals surface area contributed by atoms with E-state index in [0.29, 0.717) is 24.9 Å². The van der Waals surface area contributed by atoms with Crippen LogP contribution in [0, 0.1) is 5.82 Å². The van der Waals surface area contributed by atoms with Crippen LogP contribution < -0.4 is 15.5 Å². The number of ether oxygens (including phenoxy) is 1. The molecule has 6 rings (SSSR count). The zero-order valence-corrected chi connectivity index (χ0v) is 20.8. The summed E-state index contributed by atoms with van der Waals surface area (Å²) in [6.07, 6.45) is 6.76. The third-order valence-electron chi connectivity index (χ3n) is 6.55. The summed E-state index contributed by atoms with van der Waals surface area (Å²) in [4.78, 5) is 28.6. The van der Waals surface area contributed by atoms with Crippen LogP contribution in [0.3, 0.4) is 0 Å². The summed E-state index contributed by atoms with van der Waals surface area (Å²) in [6.45, 7) is 0.896. The fraction of sp³-hybridized carbons (Fsp3) is 0.115. The van der Waals surface area contributed by atoms with Crippen LogP contribution in [0.2, 0.25) is 0 Å². The van der Waals surface area contributed by atoms with Crippen molar-refractivity contribution < 1.29 is 32.0 Å². The van der Waals surface area contributed by atoms with Gasteiger partial charge < -0.3 is 24.3 Å². The molecular weight excluding hydrogens is 531 g/mol. The van der Waals surface area contributed by atoms with Gasteiger partial charge in [0.05, 0.1) is 17.4 Å². The number of benzene rings is 3. The van der Waals surface area contributed by atoms with Gasteiger partial charge in [0.25, 0.3) is 10.1 Å². The van der Waals surface area contributed by atoms with Gasteiger partial charge in [-0.15, -0.1) is 0 Å². The number of aromatic nitrogens is 3. The molecule has 0 atom stereocenters. The van der Waals surface area contributed by atoms with Crippen LogP contribution in [0.5, 0.6) is 11.5 Å². The van der Waals surface area contributed by atoms with E-state index in [1.54, 1.807) is 36.9 Å². The minimum Gasteiger partial charge on any atom is -0.477 e. The molecule has 3 heterocycles. The second-order valence-electron chi connectivity index (χ2n) is 8.93. The highest BCUT2D eigenvalue weighted by molar-refractivity contribution is 7.86. The second kappa shape index (κ2) is 8.92. The van der Waals surface area contributed by atoms with Crippen molar-refractivity contribution >= 4 is 43.5 Å². The summed E-state index contributed by atoms with van der Waals surface area (Å²) in [5.74, 6) is -2.57. The van der Waals surface area contributed by atoms with Crippen molar-refractivity contribution in [2.45, 2.75) is 17.9 Å². The number of nitrogens with zero attached hydrogens (tertiary/aromatic N) is 3. The van der Waals surface area contributed by atoms with Crippen LogP contribution >= 0.6 is 0 Å². The number of halogens is 1. The molecule has 0 bridgehead atoms. The molecule has 1 aliphatic heterocycles. The topological polar surface area (TPSA) is 153 Å². The van der Waals surface area contributed by atoms with E-state index in [2.05, 4.69) is 10.3 Å². The van der Waals surface area contributed by atoms with Crippen LogP contribution in [-0.2, 0) is 16.7 Å². The van der Waals surface area contributed by atoms with E-state index in [9.17, 15) is 27.7 Å². The quantitative estimate of drug-likeness (QED) is 0.197. The predicted molar refractivity (Wildman–Crippen MR) is 139 cm³/mol. The maximum atomic E-state index is 15.4. The van der Waals surface area contributed by atoms with Gasteiger partial charge >= 0.3 is 5.97 Å². The van der Waals surface area contributed by atoms with Gasteiger partial charge in [0.1, 0.15) is 21.7 Å². The number of aryl methyl sites for hydroxylation is 1. The minimum absolute atomic E-state index is 0.0813. The molecule has 11 nitrogen and oxygen atoms in total. The Hall–Kier alpha value is -4.75. The number of carbonyl (C=O) groups is 1. The van der Waals surface area contributed by atoms with Crippen molar-refractivity contribution in [2.24, 2.45) is 0 Å². The normalized spacial score (nSPS) is 12.4. The molecule has 0 saturated heterocycles. The zero-order chi connectivity index (χ0) is 27.5. The van der Waals surface area contributed by atoms with Crippen molar-refractivity contribution in [1.82, 2.24) is 14.1 Å². The van der Waals surface area contributed by atoms with E-state index < -0.39 is 37.8 Å². The third-order valence-corrected chi connectivity index (χ3v) is 7.45. The van der Waals surface area contributed by atoms with E-state index in [1.165, 1.54) is 10.6 Å². The van der Waals surface area contributed by atoms with Gasteiger partial charge in [-0.25, -0.2) is 14.2 Å². The number of rotatable bonds is 7. The minimum atomic E-state index is -4.71. The van der Waals surface area contributed by atoms with Crippen LogP contribution in [0.1, 0.15) is 16.8 Å². The lowest BCUT2D eigenvalue weighted by molar-refractivity contribution is 0.0695. The summed E-state index contributed by atoms with van der Waals surface area (Å²) in [6, 6.07) is 8.30. The van der Waals surface area contributed by atoms with Gasteiger partial charge in [-0.2, -0.15) is 8.42 Å². The van der Waals surface area contributed by atoms with Crippen molar-refractivity contribution in [1.29, 1.82) is 0 Å². The molecule has 39 heavy (non-hydrogen) atoms. The van der Waals surface area contributed by atoms with E-state index in [-0.39, 0.29) is 39.2 Å². The van der Waals surface area contributed by atoms with Crippen LogP contribution in [0.4, 0.5) is 10.1 Å². The van der Waals surface area contributed by atoms with Crippen LogP contribution in [0.25, 0.3) is 27.4 Å². The number of imidazole rings is 1. The smallest absolute Gasteiger partial charge is 0.341 e. The Morgan fingerprint density at radius 3 is 2.62 bits per heavy atom. The first-order valence-electron chi connectivity index (χ1n) is 11.7. The number of hydrogen-bond donors (Lipinski definition) is 3. The first kappa shape index (κ1) is 24.6. The largest absolute Gasteiger partial charge is 0.477 e. The van der Waals surface area contributed by atoms with E-state index >= 15 is 4.39 Å². The predicted octanol–water partition coefficient (Wildman–Crippen LogP) is 4.03. The monoisotopic (exact) mass is 550 g/mol.